The zero-order chi connectivity index (χ0) is 13.1. The Bertz CT molecular complexity index is 655. The third-order valence-corrected chi connectivity index (χ3v) is 3.13. The van der Waals surface area contributed by atoms with E-state index in [0.717, 1.165) is 0 Å². The molecule has 6 heteroatoms. The Balaban J connectivity index is 2.27. The minimum absolute atomic E-state index is 0.0550. The third kappa shape index (κ3) is 2.80. The van der Waals surface area contributed by atoms with E-state index in [1.165, 1.54) is 12.3 Å². The Labute approximate surface area is 116 Å². The van der Waals surface area contributed by atoms with Crippen molar-refractivity contribution in [3.8, 4) is 0 Å². The molecule has 1 aromatic carbocycles. The van der Waals surface area contributed by atoms with Crippen LogP contribution in [-0.2, 0) is 0 Å². The molecule has 0 radical (unpaired) electrons. The van der Waals surface area contributed by atoms with Crippen LogP contribution in [0.4, 0.5) is 5.69 Å². The van der Waals surface area contributed by atoms with Crippen molar-refractivity contribution in [2.75, 3.05) is 5.32 Å². The average Bonchev–Trinajstić information content (AvgIpc) is 2.33. The van der Waals surface area contributed by atoms with E-state index in [9.17, 15) is 9.59 Å². The van der Waals surface area contributed by atoms with Gasteiger partial charge >= 0.3 is 0 Å². The zero-order valence-electron chi connectivity index (χ0n) is 9.04. The molecule has 0 aliphatic carbocycles. The van der Waals surface area contributed by atoms with Crippen LogP contribution in [0.2, 0.25) is 5.02 Å². The summed E-state index contributed by atoms with van der Waals surface area (Å²) in [7, 11) is 0. The highest BCUT2D eigenvalue weighted by Crippen LogP contribution is 2.26. The summed E-state index contributed by atoms with van der Waals surface area (Å²) >= 11 is 9.08. The standard InChI is InChI=1S/C12H8BrClN2O2/c13-9-6-7(14)3-4-10(9)16-12(18)8-2-1-5-15-11(8)17/h1-6H,(H,15,17)(H,16,18). The lowest BCUT2D eigenvalue weighted by Gasteiger charge is -2.07. The monoisotopic (exact) mass is 326 g/mol. The Morgan fingerprint density at radius 2 is 2.11 bits per heavy atom. The van der Waals surface area contributed by atoms with Crippen LogP contribution < -0.4 is 10.9 Å². The predicted octanol–water partition coefficient (Wildman–Crippen LogP) is 3.04. The summed E-state index contributed by atoms with van der Waals surface area (Å²) in [6.45, 7) is 0. The van der Waals surface area contributed by atoms with Crippen molar-refractivity contribution < 1.29 is 4.79 Å². The number of aromatic amines is 1. The first-order valence-electron chi connectivity index (χ1n) is 5.02. The Kier molecular flexibility index (Phi) is 3.84. The van der Waals surface area contributed by atoms with E-state index in [4.69, 9.17) is 11.6 Å². The molecule has 1 aromatic heterocycles. The lowest BCUT2D eigenvalue weighted by Crippen LogP contribution is -2.22. The molecule has 92 valence electrons. The second-order valence-corrected chi connectivity index (χ2v) is 4.78. The summed E-state index contributed by atoms with van der Waals surface area (Å²) in [5, 5.41) is 3.18. The summed E-state index contributed by atoms with van der Waals surface area (Å²) < 4.78 is 0.649. The fraction of sp³-hybridized carbons (Fsp3) is 0. The van der Waals surface area contributed by atoms with Crippen LogP contribution in [0, 0.1) is 0 Å². The molecule has 0 saturated heterocycles. The van der Waals surface area contributed by atoms with E-state index >= 15 is 0 Å². The van der Waals surface area contributed by atoms with Gasteiger partial charge in [0.15, 0.2) is 0 Å². The SMILES string of the molecule is O=C(Nc1ccc(Cl)cc1Br)c1ccc[nH]c1=O. The second kappa shape index (κ2) is 5.37. The van der Waals surface area contributed by atoms with Crippen LogP contribution in [0.15, 0.2) is 45.8 Å². The smallest absolute Gasteiger partial charge is 0.261 e. The molecule has 4 nitrogen and oxygen atoms in total. The van der Waals surface area contributed by atoms with E-state index in [1.807, 2.05) is 0 Å². The van der Waals surface area contributed by atoms with Crippen molar-refractivity contribution in [3.63, 3.8) is 0 Å². The van der Waals surface area contributed by atoms with Crippen molar-refractivity contribution in [1.29, 1.82) is 0 Å². The molecule has 0 aliphatic heterocycles. The quantitative estimate of drug-likeness (QED) is 0.890. The van der Waals surface area contributed by atoms with Crippen molar-refractivity contribution in [2.24, 2.45) is 0 Å². The zero-order valence-corrected chi connectivity index (χ0v) is 11.4. The summed E-state index contributed by atoms with van der Waals surface area (Å²) in [5.74, 6) is -0.472. The summed E-state index contributed by atoms with van der Waals surface area (Å²) in [4.78, 5) is 25.8. The molecule has 0 fully saturated rings. The normalized spacial score (nSPS) is 10.1. The van der Waals surface area contributed by atoms with Crippen LogP contribution in [0.1, 0.15) is 10.4 Å². The summed E-state index contributed by atoms with van der Waals surface area (Å²) in [6.07, 6.45) is 1.47. The van der Waals surface area contributed by atoms with Crippen LogP contribution in [-0.4, -0.2) is 10.9 Å². The van der Waals surface area contributed by atoms with E-state index in [2.05, 4.69) is 26.2 Å². The Morgan fingerprint density at radius 3 is 2.78 bits per heavy atom. The maximum Gasteiger partial charge on any atom is 0.261 e. The molecule has 0 unspecified atom stereocenters. The molecule has 0 aliphatic rings. The van der Waals surface area contributed by atoms with Crippen LogP contribution in [0.3, 0.4) is 0 Å². The maximum atomic E-state index is 11.9. The van der Waals surface area contributed by atoms with E-state index in [-0.39, 0.29) is 5.56 Å². The third-order valence-electron chi connectivity index (χ3n) is 2.24. The number of halogens is 2. The molecular formula is C12H8BrClN2O2. The summed E-state index contributed by atoms with van der Waals surface area (Å²) in [5.41, 5.74) is 0.173. The van der Waals surface area contributed by atoms with Gasteiger partial charge in [0.2, 0.25) is 0 Å². The lowest BCUT2D eigenvalue weighted by atomic mass is 10.2. The molecule has 0 bridgehead atoms. The number of carbonyl (C=O) groups excluding carboxylic acids is 1. The number of anilines is 1. The minimum Gasteiger partial charge on any atom is -0.328 e. The number of pyridine rings is 1. The van der Waals surface area contributed by atoms with Crippen molar-refractivity contribution in [2.45, 2.75) is 0 Å². The van der Waals surface area contributed by atoms with Gasteiger partial charge in [0.05, 0.1) is 5.69 Å². The van der Waals surface area contributed by atoms with Crippen molar-refractivity contribution in [1.82, 2.24) is 4.98 Å². The van der Waals surface area contributed by atoms with Crippen LogP contribution in [0.25, 0.3) is 0 Å². The number of hydrogen-bond donors (Lipinski definition) is 2. The van der Waals surface area contributed by atoms with Gasteiger partial charge in [0.25, 0.3) is 11.5 Å². The molecule has 2 rings (SSSR count). The fourth-order valence-electron chi connectivity index (χ4n) is 1.38. The lowest BCUT2D eigenvalue weighted by molar-refractivity contribution is 0.102. The first kappa shape index (κ1) is 12.9. The molecule has 1 heterocycles. The second-order valence-electron chi connectivity index (χ2n) is 3.49. The minimum atomic E-state index is -0.472. The number of benzene rings is 1. The molecule has 1 amide bonds. The number of nitrogens with one attached hydrogen (secondary N) is 2. The number of hydrogen-bond acceptors (Lipinski definition) is 2. The summed E-state index contributed by atoms with van der Waals surface area (Å²) in [6, 6.07) is 8.01. The van der Waals surface area contributed by atoms with Gasteiger partial charge in [0.1, 0.15) is 5.56 Å². The van der Waals surface area contributed by atoms with Gasteiger partial charge in [-0.15, -0.1) is 0 Å². The van der Waals surface area contributed by atoms with Crippen molar-refractivity contribution in [3.05, 3.63) is 61.9 Å². The highest BCUT2D eigenvalue weighted by molar-refractivity contribution is 9.10. The molecular weight excluding hydrogens is 320 g/mol. The number of carbonyl (C=O) groups is 1. The fourth-order valence-corrected chi connectivity index (χ4v) is 2.16. The average molecular weight is 328 g/mol. The predicted molar refractivity (Wildman–Crippen MR) is 74.2 cm³/mol. The number of H-pyrrole nitrogens is 1. The Hall–Kier alpha value is -1.59. The van der Waals surface area contributed by atoms with E-state index in [0.29, 0.717) is 15.2 Å². The first-order valence-corrected chi connectivity index (χ1v) is 6.19. The van der Waals surface area contributed by atoms with Crippen molar-refractivity contribution >= 4 is 39.1 Å². The van der Waals surface area contributed by atoms with Gasteiger partial charge in [0, 0.05) is 15.7 Å². The van der Waals surface area contributed by atoms with Gasteiger partial charge in [-0.1, -0.05) is 11.6 Å². The number of amides is 1. The maximum absolute atomic E-state index is 11.9. The molecule has 0 spiro atoms. The van der Waals surface area contributed by atoms with Gasteiger partial charge in [-0.3, -0.25) is 9.59 Å². The van der Waals surface area contributed by atoms with E-state index in [1.54, 1.807) is 24.3 Å². The van der Waals surface area contributed by atoms with Crippen LogP contribution >= 0.6 is 27.5 Å². The largest absolute Gasteiger partial charge is 0.328 e. The molecule has 0 atom stereocenters. The highest BCUT2D eigenvalue weighted by atomic mass is 79.9. The van der Waals surface area contributed by atoms with Gasteiger partial charge in [-0.25, -0.2) is 0 Å². The topological polar surface area (TPSA) is 62.0 Å². The Morgan fingerprint density at radius 1 is 1.33 bits per heavy atom. The number of rotatable bonds is 2. The first-order chi connectivity index (χ1) is 8.58. The van der Waals surface area contributed by atoms with Gasteiger partial charge in [-0.2, -0.15) is 0 Å². The highest BCUT2D eigenvalue weighted by Gasteiger charge is 2.11. The van der Waals surface area contributed by atoms with E-state index < -0.39 is 11.5 Å². The molecule has 2 aromatic rings. The van der Waals surface area contributed by atoms with Crippen LogP contribution in [0.5, 0.6) is 0 Å². The van der Waals surface area contributed by atoms with Gasteiger partial charge in [-0.05, 0) is 46.3 Å². The molecule has 2 N–H and O–H groups in total. The van der Waals surface area contributed by atoms with Gasteiger partial charge < -0.3 is 10.3 Å². The number of aromatic nitrogens is 1. The molecule has 0 saturated carbocycles. The molecule has 18 heavy (non-hydrogen) atoms.